The number of aryl methyl sites for hydroxylation is 2. The predicted octanol–water partition coefficient (Wildman–Crippen LogP) is 3.43. The van der Waals surface area contributed by atoms with Gasteiger partial charge in [0.1, 0.15) is 0 Å². The first kappa shape index (κ1) is 18.8. The Bertz CT molecular complexity index is 949. The van der Waals surface area contributed by atoms with E-state index in [9.17, 15) is 4.79 Å². The van der Waals surface area contributed by atoms with Crippen LogP contribution in [0, 0.1) is 20.8 Å². The van der Waals surface area contributed by atoms with Crippen molar-refractivity contribution in [2.24, 2.45) is 5.10 Å². The third-order valence-electron chi connectivity index (χ3n) is 4.03. The lowest BCUT2D eigenvalue weighted by molar-refractivity contribution is -0.118. The lowest BCUT2D eigenvalue weighted by atomic mass is 10.2. The van der Waals surface area contributed by atoms with Crippen LogP contribution in [0.5, 0.6) is 0 Å². The summed E-state index contributed by atoms with van der Waals surface area (Å²) in [7, 11) is 0. The number of nitrogens with one attached hydrogen (secondary N) is 1. The predicted molar refractivity (Wildman–Crippen MR) is 108 cm³/mol. The average Bonchev–Trinajstić information content (AvgIpc) is 2.95. The molecule has 0 aliphatic carbocycles. The van der Waals surface area contributed by atoms with Crippen LogP contribution in [-0.2, 0) is 4.79 Å². The normalized spacial score (nSPS) is 11.1. The first-order valence-corrected chi connectivity index (χ1v) is 9.51. The van der Waals surface area contributed by atoms with Gasteiger partial charge in [0.2, 0.25) is 0 Å². The maximum absolute atomic E-state index is 11.9. The Labute approximate surface area is 162 Å². The van der Waals surface area contributed by atoms with Crippen LogP contribution in [0.4, 0.5) is 0 Å². The molecule has 3 rings (SSSR count). The van der Waals surface area contributed by atoms with E-state index in [-0.39, 0.29) is 11.7 Å². The topological polar surface area (TPSA) is 72.2 Å². The van der Waals surface area contributed by atoms with Gasteiger partial charge in [-0.2, -0.15) is 5.10 Å². The van der Waals surface area contributed by atoms with E-state index < -0.39 is 0 Å². The summed E-state index contributed by atoms with van der Waals surface area (Å²) in [6.45, 7) is 6.17. The zero-order valence-corrected chi connectivity index (χ0v) is 16.3. The average molecular weight is 379 g/mol. The van der Waals surface area contributed by atoms with E-state index in [0.717, 1.165) is 22.6 Å². The molecule has 0 bridgehead atoms. The second-order valence-corrected chi connectivity index (χ2v) is 7.05. The number of rotatable bonds is 6. The third-order valence-corrected chi connectivity index (χ3v) is 4.91. The van der Waals surface area contributed by atoms with E-state index in [1.165, 1.54) is 17.3 Å². The largest absolute Gasteiger partial charge is 0.318 e. The van der Waals surface area contributed by atoms with E-state index in [0.29, 0.717) is 5.16 Å². The number of thioether (sulfide) groups is 1. The Balaban J connectivity index is 1.63. The summed E-state index contributed by atoms with van der Waals surface area (Å²) >= 11 is 1.27. The van der Waals surface area contributed by atoms with Crippen molar-refractivity contribution in [3.05, 3.63) is 71.3 Å². The molecule has 0 atom stereocenters. The molecule has 1 amide bonds. The highest BCUT2D eigenvalue weighted by molar-refractivity contribution is 7.99. The van der Waals surface area contributed by atoms with Crippen LogP contribution in [0.2, 0.25) is 0 Å². The molecule has 3 aromatic rings. The Morgan fingerprint density at radius 3 is 2.59 bits per heavy atom. The lowest BCUT2D eigenvalue weighted by Crippen LogP contribution is -2.19. The van der Waals surface area contributed by atoms with E-state index in [1.807, 2.05) is 6.92 Å². The van der Waals surface area contributed by atoms with Gasteiger partial charge in [0.25, 0.3) is 5.91 Å². The molecule has 0 aliphatic heterocycles. The summed E-state index contributed by atoms with van der Waals surface area (Å²) in [6.07, 6.45) is 4.97. The van der Waals surface area contributed by atoms with Crippen molar-refractivity contribution in [2.75, 3.05) is 5.75 Å². The van der Waals surface area contributed by atoms with Gasteiger partial charge < -0.3 is 4.57 Å². The van der Waals surface area contributed by atoms with Gasteiger partial charge >= 0.3 is 0 Å². The molecule has 0 saturated heterocycles. The van der Waals surface area contributed by atoms with Crippen molar-refractivity contribution in [1.29, 1.82) is 0 Å². The minimum atomic E-state index is -0.198. The molecule has 0 saturated carbocycles. The molecule has 1 aromatic carbocycles. The number of benzene rings is 1. The molecule has 2 heterocycles. The fourth-order valence-corrected chi connectivity index (χ4v) is 3.30. The Hall–Kier alpha value is -2.93. The van der Waals surface area contributed by atoms with Crippen LogP contribution in [0.25, 0.3) is 5.69 Å². The highest BCUT2D eigenvalue weighted by Crippen LogP contribution is 2.20. The summed E-state index contributed by atoms with van der Waals surface area (Å²) in [4.78, 5) is 20.0. The highest BCUT2D eigenvalue weighted by atomic mass is 32.2. The number of hydrazone groups is 1. The van der Waals surface area contributed by atoms with Crippen LogP contribution >= 0.6 is 11.8 Å². The van der Waals surface area contributed by atoms with Gasteiger partial charge in [-0.05, 0) is 45.0 Å². The maximum atomic E-state index is 11.9. The second kappa shape index (κ2) is 8.64. The van der Waals surface area contributed by atoms with Gasteiger partial charge in [-0.3, -0.25) is 4.79 Å². The summed E-state index contributed by atoms with van der Waals surface area (Å²) < 4.78 is 2.17. The minimum Gasteiger partial charge on any atom is -0.318 e. The molecule has 27 heavy (non-hydrogen) atoms. The molecule has 0 unspecified atom stereocenters. The summed E-state index contributed by atoms with van der Waals surface area (Å²) in [5.41, 5.74) is 8.03. The quantitative estimate of drug-likeness (QED) is 0.308. The van der Waals surface area contributed by atoms with Crippen molar-refractivity contribution in [1.82, 2.24) is 20.0 Å². The van der Waals surface area contributed by atoms with E-state index in [2.05, 4.69) is 69.2 Å². The standard InChI is InChI=1S/C20H21N5OS/c1-14-5-7-18(8-6-14)25-15(2)11-17(16(25)3)12-23-24-19(26)13-27-20-21-9-4-10-22-20/h4-12H,13H2,1-3H3,(H,24,26)/b23-12-. The smallest absolute Gasteiger partial charge is 0.250 e. The molecule has 0 aliphatic rings. The fourth-order valence-electron chi connectivity index (χ4n) is 2.71. The molecule has 2 aromatic heterocycles. The molecular formula is C20H21N5OS. The number of hydrogen-bond donors (Lipinski definition) is 1. The number of nitrogens with zero attached hydrogens (tertiary/aromatic N) is 4. The van der Waals surface area contributed by atoms with Crippen LogP contribution in [-0.4, -0.2) is 32.4 Å². The Kier molecular flexibility index (Phi) is 6.03. The zero-order valence-electron chi connectivity index (χ0n) is 15.5. The number of aromatic nitrogens is 3. The van der Waals surface area contributed by atoms with Gasteiger partial charge in [-0.15, -0.1) is 0 Å². The number of hydrogen-bond acceptors (Lipinski definition) is 5. The Morgan fingerprint density at radius 1 is 1.19 bits per heavy atom. The lowest BCUT2D eigenvalue weighted by Gasteiger charge is -2.09. The molecular weight excluding hydrogens is 358 g/mol. The third kappa shape index (κ3) is 4.83. The monoisotopic (exact) mass is 379 g/mol. The van der Waals surface area contributed by atoms with Gasteiger partial charge in [0.15, 0.2) is 5.16 Å². The first-order valence-electron chi connectivity index (χ1n) is 8.52. The first-order chi connectivity index (χ1) is 13.0. The molecule has 0 spiro atoms. The van der Waals surface area contributed by atoms with E-state index in [1.54, 1.807) is 24.7 Å². The second-order valence-electron chi connectivity index (χ2n) is 6.11. The van der Waals surface area contributed by atoms with Crippen LogP contribution in [0.15, 0.2) is 59.0 Å². The van der Waals surface area contributed by atoms with Crippen molar-refractivity contribution in [3.63, 3.8) is 0 Å². The summed E-state index contributed by atoms with van der Waals surface area (Å²) in [5, 5.41) is 4.65. The summed E-state index contributed by atoms with van der Waals surface area (Å²) in [5.74, 6) is 0.0139. The maximum Gasteiger partial charge on any atom is 0.250 e. The van der Waals surface area contributed by atoms with E-state index in [4.69, 9.17) is 0 Å². The molecule has 1 N–H and O–H groups in total. The zero-order chi connectivity index (χ0) is 19.2. The SMILES string of the molecule is Cc1ccc(-n2c(C)cc(/C=N\NC(=O)CSc3ncccn3)c2C)cc1. The molecule has 138 valence electrons. The molecule has 6 nitrogen and oxygen atoms in total. The van der Waals surface area contributed by atoms with Gasteiger partial charge in [0, 0.05) is 35.0 Å². The van der Waals surface area contributed by atoms with Crippen LogP contribution < -0.4 is 5.43 Å². The minimum absolute atomic E-state index is 0.198. The van der Waals surface area contributed by atoms with Gasteiger partial charge in [0.05, 0.1) is 12.0 Å². The number of carbonyl (C=O) groups is 1. The van der Waals surface area contributed by atoms with Crippen molar-refractivity contribution in [2.45, 2.75) is 25.9 Å². The van der Waals surface area contributed by atoms with Crippen LogP contribution in [0.1, 0.15) is 22.5 Å². The van der Waals surface area contributed by atoms with E-state index >= 15 is 0 Å². The van der Waals surface area contributed by atoms with Gasteiger partial charge in [-0.1, -0.05) is 29.5 Å². The molecule has 7 heteroatoms. The van der Waals surface area contributed by atoms with Crippen molar-refractivity contribution < 1.29 is 4.79 Å². The van der Waals surface area contributed by atoms with Crippen molar-refractivity contribution in [3.8, 4) is 5.69 Å². The highest BCUT2D eigenvalue weighted by Gasteiger charge is 2.09. The molecule has 0 fully saturated rings. The Morgan fingerprint density at radius 2 is 1.89 bits per heavy atom. The summed E-state index contributed by atoms with van der Waals surface area (Å²) in [6, 6.07) is 12.2. The van der Waals surface area contributed by atoms with Gasteiger partial charge in [-0.25, -0.2) is 15.4 Å². The van der Waals surface area contributed by atoms with Crippen molar-refractivity contribution >= 4 is 23.9 Å². The number of amides is 1. The fraction of sp³-hybridized carbons (Fsp3) is 0.200. The molecule has 0 radical (unpaired) electrons. The number of carbonyl (C=O) groups excluding carboxylic acids is 1. The van der Waals surface area contributed by atoms with Crippen LogP contribution in [0.3, 0.4) is 0 Å².